The van der Waals surface area contributed by atoms with Gasteiger partial charge in [-0.25, -0.2) is 28.1 Å². The molecular weight excluding hydrogens is 971 g/mol. The van der Waals surface area contributed by atoms with Gasteiger partial charge in [0.25, 0.3) is 5.69 Å². The first-order valence-electron chi connectivity index (χ1n) is 20.2. The molecule has 0 unspecified atom stereocenters. The van der Waals surface area contributed by atoms with Crippen LogP contribution < -0.4 is 5.73 Å². The highest BCUT2D eigenvalue weighted by Crippen LogP contribution is 2.55. The number of halogens is 14. The molecule has 6 aromatic rings. The molecule has 0 saturated heterocycles. The van der Waals surface area contributed by atoms with Crippen LogP contribution in [0.5, 0.6) is 0 Å². The maximum atomic E-state index is 14.6. The third-order valence-electron chi connectivity index (χ3n) is 11.1. The number of anilines is 1. The summed E-state index contributed by atoms with van der Waals surface area (Å²) in [5, 5.41) is 19.2. The zero-order valence-electron chi connectivity index (χ0n) is 36.5. The fourth-order valence-electron chi connectivity index (χ4n) is 7.45. The molecule has 0 amide bonds. The van der Waals surface area contributed by atoms with Crippen molar-refractivity contribution in [2.45, 2.75) is 89.4 Å². The molecule has 26 heteroatoms. The molecule has 2 aromatic heterocycles. The van der Waals surface area contributed by atoms with Crippen molar-refractivity contribution in [3.63, 3.8) is 0 Å². The van der Waals surface area contributed by atoms with Gasteiger partial charge < -0.3 is 5.73 Å². The molecule has 12 nitrogen and oxygen atoms in total. The summed E-state index contributed by atoms with van der Waals surface area (Å²) in [5.41, 5.74) is -8.11. The number of aryl methyl sites for hydroxylation is 4. The molecule has 374 valence electrons. The lowest BCUT2D eigenvalue weighted by molar-refractivity contribution is -0.384. The first-order valence-corrected chi connectivity index (χ1v) is 20.2. The van der Waals surface area contributed by atoms with Gasteiger partial charge in [-0.3, -0.25) is 19.7 Å². The molecule has 2 N–H and O–H groups in total. The Labute approximate surface area is 386 Å². The van der Waals surface area contributed by atoms with Crippen LogP contribution in [-0.2, 0) is 37.0 Å². The van der Waals surface area contributed by atoms with Crippen LogP contribution in [-0.4, -0.2) is 70.7 Å². The average Bonchev–Trinajstić information content (AvgIpc) is 4.01. The quantitative estimate of drug-likeness (QED) is 0.0390. The molecular formula is C44H36F14N8O4. The lowest BCUT2D eigenvalue weighted by atomic mass is 9.86. The summed E-state index contributed by atoms with van der Waals surface area (Å²) < 4.78 is 190. The largest absolute Gasteiger partial charge is 0.435 e. The van der Waals surface area contributed by atoms with E-state index in [1.165, 1.54) is 74.8 Å². The number of nitrogens with two attached hydrogens (primary N) is 1. The van der Waals surface area contributed by atoms with Crippen molar-refractivity contribution < 1.29 is 76.0 Å². The van der Waals surface area contributed by atoms with E-state index in [0.29, 0.717) is 30.0 Å². The fourth-order valence-corrected chi connectivity index (χ4v) is 7.45. The number of rotatable bonds is 13. The molecule has 0 aliphatic rings. The monoisotopic (exact) mass is 1010 g/mol. The summed E-state index contributed by atoms with van der Waals surface area (Å²) in [6.45, 7) is 5.30. The highest BCUT2D eigenvalue weighted by atomic mass is 19.4. The Kier molecular flexibility index (Phi) is 15.0. The van der Waals surface area contributed by atoms with E-state index in [0.717, 1.165) is 24.0 Å². The van der Waals surface area contributed by atoms with E-state index >= 15 is 0 Å². The molecule has 0 radical (unpaired) electrons. The summed E-state index contributed by atoms with van der Waals surface area (Å²) in [6, 6.07) is 9.75. The van der Waals surface area contributed by atoms with Gasteiger partial charge in [-0.15, -0.1) is 0 Å². The maximum absolute atomic E-state index is 14.6. The number of nitro benzene ring substituents is 1. The Hall–Kier alpha value is -7.28. The van der Waals surface area contributed by atoms with Gasteiger partial charge >= 0.3 is 36.0 Å². The van der Waals surface area contributed by atoms with E-state index in [-0.39, 0.29) is 75.1 Å². The zero-order valence-corrected chi connectivity index (χ0v) is 36.5. The van der Waals surface area contributed by atoms with Crippen molar-refractivity contribution in [1.82, 2.24) is 29.5 Å². The first kappa shape index (κ1) is 53.7. The number of nitrogens with zero attached hydrogens (tertiary/aromatic N) is 7. The molecule has 0 saturated carbocycles. The van der Waals surface area contributed by atoms with Crippen molar-refractivity contribution >= 4 is 22.9 Å². The van der Waals surface area contributed by atoms with Crippen LogP contribution in [0.2, 0.25) is 0 Å². The molecule has 70 heavy (non-hydrogen) atoms. The van der Waals surface area contributed by atoms with Crippen molar-refractivity contribution in [3.8, 4) is 11.4 Å². The molecule has 2 heterocycles. The van der Waals surface area contributed by atoms with E-state index in [1.54, 1.807) is 0 Å². The normalized spacial score (nSPS) is 12.7. The van der Waals surface area contributed by atoms with Gasteiger partial charge in [-0.2, -0.15) is 62.9 Å². The van der Waals surface area contributed by atoms with Gasteiger partial charge in [-0.1, -0.05) is 38.1 Å². The highest BCUT2D eigenvalue weighted by Gasteiger charge is 2.74. The van der Waals surface area contributed by atoms with Crippen molar-refractivity contribution in [3.05, 3.63) is 152 Å². The number of hydrogen-bond donors (Lipinski definition) is 1. The number of nitrogen functional groups attached to an aromatic ring is 1. The summed E-state index contributed by atoms with van der Waals surface area (Å²) in [6.07, 6.45) is -20.9. The zero-order chi connectivity index (χ0) is 52.5. The van der Waals surface area contributed by atoms with E-state index in [4.69, 9.17) is 5.73 Å². The van der Waals surface area contributed by atoms with Gasteiger partial charge in [0.1, 0.15) is 31.0 Å². The maximum Gasteiger partial charge on any atom is 0.435 e. The number of Topliss-reactive ketones (excluding diaryl/α,β-unsaturated/α-hetero) is 2. The summed E-state index contributed by atoms with van der Waals surface area (Å²) in [7, 11) is 0. The molecule has 0 aliphatic heterocycles. The SMILES string of the molecule is CCc1cc(C(F)(C(F)(F)F)C(F)(F)F)cc(C)c1CC(=O)c1ccc(-n2cncn2)c(N)c1.CCc1cc(C(F)(C(F)(F)F)C(F)(F)F)cc(C)c1CC(=O)c1ccc(-n2cncn2)c([N+](=O)[O-])c1. The van der Waals surface area contributed by atoms with Crippen LogP contribution >= 0.6 is 0 Å². The third-order valence-corrected chi connectivity index (χ3v) is 11.1. The van der Waals surface area contributed by atoms with E-state index in [2.05, 4.69) is 20.2 Å². The first-order chi connectivity index (χ1) is 32.3. The van der Waals surface area contributed by atoms with Crippen LogP contribution in [0, 0.1) is 24.0 Å². The van der Waals surface area contributed by atoms with Gasteiger partial charge in [-0.05, 0) is 90.4 Å². The predicted molar refractivity (Wildman–Crippen MR) is 221 cm³/mol. The Morgan fingerprint density at radius 2 is 0.957 bits per heavy atom. The van der Waals surface area contributed by atoms with Crippen LogP contribution in [0.3, 0.4) is 0 Å². The second-order valence-electron chi connectivity index (χ2n) is 15.5. The Morgan fingerprint density at radius 1 is 0.586 bits per heavy atom. The van der Waals surface area contributed by atoms with Crippen LogP contribution in [0.4, 0.5) is 72.8 Å². The Bertz CT molecular complexity index is 2870. The van der Waals surface area contributed by atoms with E-state index in [9.17, 15) is 81.2 Å². The predicted octanol–water partition coefficient (Wildman–Crippen LogP) is 11.2. The van der Waals surface area contributed by atoms with Crippen molar-refractivity contribution in [2.24, 2.45) is 0 Å². The van der Waals surface area contributed by atoms with Crippen LogP contribution in [0.15, 0.2) is 86.0 Å². The second-order valence-corrected chi connectivity index (χ2v) is 15.5. The van der Waals surface area contributed by atoms with Crippen molar-refractivity contribution in [1.29, 1.82) is 0 Å². The molecule has 0 aliphatic carbocycles. The van der Waals surface area contributed by atoms with Gasteiger partial charge in [0.15, 0.2) is 11.6 Å². The molecule has 0 bridgehead atoms. The molecule has 4 aromatic carbocycles. The minimum Gasteiger partial charge on any atom is -0.397 e. The minimum absolute atomic E-state index is 0.00563. The van der Waals surface area contributed by atoms with Gasteiger partial charge in [0.2, 0.25) is 0 Å². The lowest BCUT2D eigenvalue weighted by Gasteiger charge is -2.31. The number of carbonyl (C=O) groups excluding carboxylic acids is 2. The average molecular weight is 1010 g/mol. The van der Waals surface area contributed by atoms with Crippen LogP contribution in [0.25, 0.3) is 11.4 Å². The number of hydrogen-bond acceptors (Lipinski definition) is 9. The third kappa shape index (κ3) is 10.3. The summed E-state index contributed by atoms with van der Waals surface area (Å²) in [4.78, 5) is 44.0. The van der Waals surface area contributed by atoms with Crippen molar-refractivity contribution in [2.75, 3.05) is 5.73 Å². The standard InChI is InChI=1S/C22H17F7N4O3.C22H19F7N4O/c1-3-13-7-15(20(23,21(24,25)26)22(27,28)29)6-12(2)16(13)9-19(34)14-4-5-17(18(8-14)33(35)36)32-11-30-10-31-32;1-3-13-7-15(20(23,21(24,25)26)22(27,28)29)6-12(2)16(13)9-19(34)14-4-5-18(17(30)8-14)33-11-31-10-32-33/h4-8,10-11H,3,9H2,1-2H3;4-8,10-11H,3,9,30H2,1-2H3. The topological polar surface area (TPSA) is 165 Å². The molecule has 0 spiro atoms. The van der Waals surface area contributed by atoms with Gasteiger partial charge in [0.05, 0.1) is 16.3 Å². The molecule has 0 atom stereocenters. The lowest BCUT2D eigenvalue weighted by Crippen LogP contribution is -2.50. The minimum atomic E-state index is -6.27. The number of carbonyl (C=O) groups is 2. The fraction of sp³-hybridized carbons (Fsp3) is 0.318. The van der Waals surface area contributed by atoms with E-state index in [1.807, 2.05) is 0 Å². The number of ketones is 2. The smallest absolute Gasteiger partial charge is 0.397 e. The van der Waals surface area contributed by atoms with Gasteiger partial charge in [0, 0.05) is 41.2 Å². The van der Waals surface area contributed by atoms with E-state index < -0.39 is 75.8 Å². The number of aromatic nitrogens is 6. The Balaban J connectivity index is 0.000000261. The van der Waals surface area contributed by atoms with Crippen LogP contribution in [0.1, 0.15) is 79.1 Å². The number of benzene rings is 4. The summed E-state index contributed by atoms with van der Waals surface area (Å²) >= 11 is 0. The Morgan fingerprint density at radius 3 is 1.29 bits per heavy atom. The highest BCUT2D eigenvalue weighted by molar-refractivity contribution is 5.99. The number of alkyl halides is 14. The molecule has 0 fully saturated rings. The summed E-state index contributed by atoms with van der Waals surface area (Å²) in [5.74, 6) is -1.16. The molecule has 6 rings (SSSR count). The second kappa shape index (κ2) is 19.6. The number of nitro groups is 1.